The number of carbonyl (C=O) groups is 2. The van der Waals surface area contributed by atoms with Crippen molar-refractivity contribution in [2.75, 3.05) is 0 Å². The summed E-state index contributed by atoms with van der Waals surface area (Å²) in [5.41, 5.74) is 9.63. The van der Waals surface area contributed by atoms with Crippen LogP contribution in [0.1, 0.15) is 49.9 Å². The minimum atomic E-state index is -0.494. The van der Waals surface area contributed by atoms with Gasteiger partial charge in [-0.05, 0) is 59.9 Å². The van der Waals surface area contributed by atoms with Crippen LogP contribution in [0.3, 0.4) is 0 Å². The van der Waals surface area contributed by atoms with Crippen LogP contribution in [0.15, 0.2) is 72.8 Å². The smallest absolute Gasteiger partial charge is 0.254 e. The Kier molecular flexibility index (Phi) is 5.36. The van der Waals surface area contributed by atoms with Crippen LogP contribution in [0.4, 0.5) is 0 Å². The minimum Gasteiger partial charge on any atom is -0.366 e. The zero-order valence-corrected chi connectivity index (χ0v) is 16.6. The minimum absolute atomic E-state index is 0.0716. The monoisotopic (exact) mass is 404 g/mol. The third-order valence-corrected chi connectivity index (χ3v) is 5.67. The first-order valence-electron chi connectivity index (χ1n) is 9.56. The molecule has 146 valence electrons. The number of carbonyl (C=O) groups excluding carboxylic acids is 2. The van der Waals surface area contributed by atoms with Gasteiger partial charge in [0, 0.05) is 22.7 Å². The molecule has 2 N–H and O–H groups in total. The van der Waals surface area contributed by atoms with Gasteiger partial charge in [-0.15, -0.1) is 0 Å². The van der Waals surface area contributed by atoms with Crippen molar-refractivity contribution < 1.29 is 9.59 Å². The molecule has 1 atom stereocenters. The van der Waals surface area contributed by atoms with Crippen LogP contribution in [-0.2, 0) is 13.0 Å². The summed E-state index contributed by atoms with van der Waals surface area (Å²) in [6.07, 6.45) is 1.67. The molecule has 0 unspecified atom stereocenters. The normalized spacial score (nSPS) is 15.0. The number of nitrogens with two attached hydrogens (primary N) is 1. The van der Waals surface area contributed by atoms with Crippen LogP contribution < -0.4 is 5.73 Å². The Morgan fingerprint density at radius 2 is 1.72 bits per heavy atom. The fourth-order valence-corrected chi connectivity index (χ4v) is 4.23. The summed E-state index contributed by atoms with van der Waals surface area (Å²) < 4.78 is 0. The SMILES string of the molecule is NC(=O)c1ccccc1CN(C(=O)c1ccccc1)[C@@H]1CCc2cc(Cl)ccc21. The second-order valence-corrected chi connectivity index (χ2v) is 7.65. The Hall–Kier alpha value is -3.11. The van der Waals surface area contributed by atoms with Crippen LogP contribution in [0, 0.1) is 0 Å². The number of hydrogen-bond donors (Lipinski definition) is 1. The van der Waals surface area contributed by atoms with Gasteiger partial charge < -0.3 is 10.6 Å². The van der Waals surface area contributed by atoms with Gasteiger partial charge in [0.25, 0.3) is 5.91 Å². The van der Waals surface area contributed by atoms with E-state index in [-0.39, 0.29) is 11.9 Å². The highest BCUT2D eigenvalue weighted by atomic mass is 35.5. The highest BCUT2D eigenvalue weighted by Crippen LogP contribution is 2.38. The molecule has 4 rings (SSSR count). The molecule has 1 aliphatic carbocycles. The van der Waals surface area contributed by atoms with Crippen molar-refractivity contribution in [1.29, 1.82) is 0 Å². The van der Waals surface area contributed by atoms with Crippen molar-refractivity contribution in [3.8, 4) is 0 Å². The van der Waals surface area contributed by atoms with Crippen LogP contribution in [-0.4, -0.2) is 16.7 Å². The van der Waals surface area contributed by atoms with Gasteiger partial charge in [-0.3, -0.25) is 9.59 Å². The van der Waals surface area contributed by atoms with E-state index < -0.39 is 5.91 Å². The summed E-state index contributed by atoms with van der Waals surface area (Å²) in [6.45, 7) is 0.305. The second kappa shape index (κ2) is 8.10. The molecule has 3 aromatic rings. The van der Waals surface area contributed by atoms with Gasteiger partial charge in [-0.1, -0.05) is 54.1 Å². The van der Waals surface area contributed by atoms with Crippen molar-refractivity contribution in [1.82, 2.24) is 4.90 Å². The molecule has 0 aliphatic heterocycles. The van der Waals surface area contributed by atoms with E-state index in [0.29, 0.717) is 22.7 Å². The van der Waals surface area contributed by atoms with E-state index in [1.165, 1.54) is 0 Å². The molecule has 0 heterocycles. The number of fused-ring (bicyclic) bond motifs is 1. The molecule has 0 saturated carbocycles. The largest absolute Gasteiger partial charge is 0.366 e. The predicted molar refractivity (Wildman–Crippen MR) is 114 cm³/mol. The number of nitrogens with zero attached hydrogens (tertiary/aromatic N) is 1. The summed E-state index contributed by atoms with van der Waals surface area (Å²) in [5.74, 6) is -0.566. The highest BCUT2D eigenvalue weighted by Gasteiger charge is 2.32. The van der Waals surface area contributed by atoms with Crippen molar-refractivity contribution >= 4 is 23.4 Å². The maximum atomic E-state index is 13.5. The van der Waals surface area contributed by atoms with Crippen molar-refractivity contribution in [3.05, 3.63) is 106 Å². The van der Waals surface area contributed by atoms with Gasteiger partial charge in [-0.25, -0.2) is 0 Å². The summed E-state index contributed by atoms with van der Waals surface area (Å²) in [6, 6.07) is 22.1. The topological polar surface area (TPSA) is 63.4 Å². The Morgan fingerprint density at radius 1 is 1.00 bits per heavy atom. The van der Waals surface area contributed by atoms with E-state index in [1.54, 1.807) is 12.1 Å². The molecule has 5 heteroatoms. The van der Waals surface area contributed by atoms with Gasteiger partial charge in [0.2, 0.25) is 5.91 Å². The second-order valence-electron chi connectivity index (χ2n) is 7.22. The molecule has 29 heavy (non-hydrogen) atoms. The third-order valence-electron chi connectivity index (χ3n) is 5.43. The molecule has 0 bridgehead atoms. The van der Waals surface area contributed by atoms with E-state index in [9.17, 15) is 9.59 Å². The van der Waals surface area contributed by atoms with Gasteiger partial charge in [0.1, 0.15) is 0 Å². The average molecular weight is 405 g/mol. The van der Waals surface area contributed by atoms with Crippen LogP contribution in [0.25, 0.3) is 0 Å². The van der Waals surface area contributed by atoms with E-state index >= 15 is 0 Å². The molecular formula is C24H21ClN2O2. The van der Waals surface area contributed by atoms with Crippen molar-refractivity contribution in [2.45, 2.75) is 25.4 Å². The quantitative estimate of drug-likeness (QED) is 0.665. The molecule has 0 spiro atoms. The number of aryl methyl sites for hydroxylation is 1. The molecule has 2 amide bonds. The molecule has 0 fully saturated rings. The molecule has 3 aromatic carbocycles. The Bertz CT molecular complexity index is 1070. The Morgan fingerprint density at radius 3 is 2.48 bits per heavy atom. The predicted octanol–water partition coefficient (Wildman–Crippen LogP) is 4.77. The summed E-state index contributed by atoms with van der Waals surface area (Å²) >= 11 is 6.16. The fraction of sp³-hybridized carbons (Fsp3) is 0.167. The summed E-state index contributed by atoms with van der Waals surface area (Å²) in [4.78, 5) is 27.2. The van der Waals surface area contributed by atoms with E-state index in [2.05, 4.69) is 0 Å². The average Bonchev–Trinajstić information content (AvgIpc) is 3.15. The summed E-state index contributed by atoms with van der Waals surface area (Å²) in [7, 11) is 0. The van der Waals surface area contributed by atoms with Gasteiger partial charge in [0.15, 0.2) is 0 Å². The van der Waals surface area contributed by atoms with Gasteiger partial charge in [0.05, 0.1) is 6.04 Å². The molecule has 0 radical (unpaired) electrons. The zero-order chi connectivity index (χ0) is 20.4. The molecule has 1 aliphatic rings. The number of benzene rings is 3. The molecule has 0 saturated heterocycles. The number of hydrogen-bond acceptors (Lipinski definition) is 2. The van der Waals surface area contributed by atoms with Gasteiger partial charge in [-0.2, -0.15) is 0 Å². The third kappa shape index (κ3) is 3.89. The maximum Gasteiger partial charge on any atom is 0.254 e. The fourth-order valence-electron chi connectivity index (χ4n) is 4.04. The van der Waals surface area contributed by atoms with Crippen LogP contribution >= 0.6 is 11.6 Å². The lowest BCUT2D eigenvalue weighted by Gasteiger charge is -2.31. The standard InChI is InChI=1S/C24H21ClN2O2/c25-19-11-12-20-17(14-19)10-13-22(20)27(24(29)16-6-2-1-3-7-16)15-18-8-4-5-9-21(18)23(26)28/h1-9,11-12,14,22H,10,13,15H2,(H2,26,28)/t22-/m1/s1. The number of primary amides is 1. The zero-order valence-electron chi connectivity index (χ0n) is 15.8. The first-order chi connectivity index (χ1) is 14.0. The number of amides is 2. The van der Waals surface area contributed by atoms with Gasteiger partial charge >= 0.3 is 0 Å². The lowest BCUT2D eigenvalue weighted by molar-refractivity contribution is 0.0656. The lowest BCUT2D eigenvalue weighted by atomic mass is 10.0. The Labute approximate surface area is 174 Å². The molecule has 0 aromatic heterocycles. The van der Waals surface area contributed by atoms with Crippen LogP contribution in [0.2, 0.25) is 5.02 Å². The van der Waals surface area contributed by atoms with Crippen LogP contribution in [0.5, 0.6) is 0 Å². The van der Waals surface area contributed by atoms with Crippen molar-refractivity contribution in [2.24, 2.45) is 5.73 Å². The first kappa shape index (κ1) is 19.2. The Balaban J connectivity index is 1.76. The number of halogens is 1. The van der Waals surface area contributed by atoms with E-state index in [0.717, 1.165) is 29.5 Å². The number of rotatable bonds is 5. The maximum absolute atomic E-state index is 13.5. The highest BCUT2D eigenvalue weighted by molar-refractivity contribution is 6.30. The lowest BCUT2D eigenvalue weighted by Crippen LogP contribution is -2.34. The first-order valence-corrected chi connectivity index (χ1v) is 9.94. The van der Waals surface area contributed by atoms with E-state index in [4.69, 9.17) is 17.3 Å². The van der Waals surface area contributed by atoms with Crippen molar-refractivity contribution in [3.63, 3.8) is 0 Å². The summed E-state index contributed by atoms with van der Waals surface area (Å²) in [5, 5.41) is 0.699. The molecule has 4 nitrogen and oxygen atoms in total. The molecular weight excluding hydrogens is 384 g/mol. The van der Waals surface area contributed by atoms with E-state index in [1.807, 2.05) is 65.6 Å².